The van der Waals surface area contributed by atoms with Gasteiger partial charge >= 0.3 is 0 Å². The standard InChI is InChI=1S/C16H21NO2/c1-11-6-14-15(19-5-4-18-14)7-13(11)12-2-3-16(8-12)9-17-10-16/h6-7,12,17H,2-5,8-10H2,1H3. The van der Waals surface area contributed by atoms with Crippen LogP contribution in [0.2, 0.25) is 0 Å². The number of aryl methyl sites for hydroxylation is 1. The van der Waals surface area contributed by atoms with Crippen LogP contribution in [0.5, 0.6) is 11.5 Å². The number of ether oxygens (including phenoxy) is 2. The number of hydrogen-bond acceptors (Lipinski definition) is 3. The van der Waals surface area contributed by atoms with Gasteiger partial charge in [-0.2, -0.15) is 0 Å². The normalized spacial score (nSPS) is 27.3. The summed E-state index contributed by atoms with van der Waals surface area (Å²) < 4.78 is 11.4. The lowest BCUT2D eigenvalue weighted by atomic mass is 9.78. The molecule has 0 aromatic heterocycles. The van der Waals surface area contributed by atoms with Crippen LogP contribution >= 0.6 is 0 Å². The molecular formula is C16H21NO2. The van der Waals surface area contributed by atoms with E-state index in [1.165, 1.54) is 43.5 Å². The fourth-order valence-electron chi connectivity index (χ4n) is 3.92. The Hall–Kier alpha value is -1.22. The quantitative estimate of drug-likeness (QED) is 0.841. The third kappa shape index (κ3) is 1.83. The van der Waals surface area contributed by atoms with E-state index in [1.54, 1.807) is 0 Å². The van der Waals surface area contributed by atoms with Gasteiger partial charge < -0.3 is 14.8 Å². The Morgan fingerprint density at radius 2 is 1.89 bits per heavy atom. The van der Waals surface area contributed by atoms with Crippen molar-refractivity contribution >= 4 is 0 Å². The summed E-state index contributed by atoms with van der Waals surface area (Å²) in [4.78, 5) is 0. The molecule has 0 radical (unpaired) electrons. The highest BCUT2D eigenvalue weighted by Gasteiger charge is 2.44. The molecule has 2 heterocycles. The Balaban J connectivity index is 1.64. The molecule has 1 spiro atoms. The molecule has 1 aliphatic carbocycles. The second kappa shape index (κ2) is 4.14. The average Bonchev–Trinajstić information content (AvgIpc) is 2.83. The van der Waals surface area contributed by atoms with Gasteiger partial charge in [0.2, 0.25) is 0 Å². The summed E-state index contributed by atoms with van der Waals surface area (Å²) in [6, 6.07) is 4.40. The maximum atomic E-state index is 5.73. The summed E-state index contributed by atoms with van der Waals surface area (Å²) in [5.41, 5.74) is 3.44. The van der Waals surface area contributed by atoms with Crippen LogP contribution in [0.3, 0.4) is 0 Å². The molecule has 2 fully saturated rings. The summed E-state index contributed by atoms with van der Waals surface area (Å²) in [5, 5.41) is 3.44. The van der Waals surface area contributed by atoms with Crippen molar-refractivity contribution in [3.63, 3.8) is 0 Å². The Kier molecular flexibility index (Phi) is 2.52. The van der Waals surface area contributed by atoms with E-state index in [1.807, 2.05) is 0 Å². The Bertz CT molecular complexity index is 508. The molecule has 0 bridgehead atoms. The summed E-state index contributed by atoms with van der Waals surface area (Å²) in [5.74, 6) is 2.57. The van der Waals surface area contributed by atoms with Crippen molar-refractivity contribution in [3.05, 3.63) is 23.3 Å². The number of hydrogen-bond donors (Lipinski definition) is 1. The van der Waals surface area contributed by atoms with Gasteiger partial charge in [-0.1, -0.05) is 0 Å². The van der Waals surface area contributed by atoms with Crippen LogP contribution in [0.1, 0.15) is 36.3 Å². The second-order valence-electron chi connectivity index (χ2n) is 6.40. The van der Waals surface area contributed by atoms with Crippen molar-refractivity contribution in [3.8, 4) is 11.5 Å². The minimum Gasteiger partial charge on any atom is -0.486 e. The maximum Gasteiger partial charge on any atom is 0.161 e. The smallest absolute Gasteiger partial charge is 0.161 e. The molecule has 1 saturated heterocycles. The number of benzene rings is 1. The minimum atomic E-state index is 0.602. The zero-order valence-electron chi connectivity index (χ0n) is 11.5. The van der Waals surface area contributed by atoms with Crippen LogP contribution in [-0.4, -0.2) is 26.3 Å². The van der Waals surface area contributed by atoms with Crippen LogP contribution in [0.25, 0.3) is 0 Å². The molecular weight excluding hydrogens is 238 g/mol. The van der Waals surface area contributed by atoms with Crippen LogP contribution in [0.15, 0.2) is 12.1 Å². The van der Waals surface area contributed by atoms with Crippen molar-refractivity contribution in [2.75, 3.05) is 26.3 Å². The van der Waals surface area contributed by atoms with Gasteiger partial charge in [0.15, 0.2) is 11.5 Å². The molecule has 4 rings (SSSR count). The van der Waals surface area contributed by atoms with Crippen molar-refractivity contribution in [1.82, 2.24) is 5.32 Å². The first-order valence-electron chi connectivity index (χ1n) is 7.37. The van der Waals surface area contributed by atoms with Crippen LogP contribution in [0, 0.1) is 12.3 Å². The van der Waals surface area contributed by atoms with Gasteiger partial charge in [0, 0.05) is 13.1 Å². The number of nitrogens with one attached hydrogen (secondary N) is 1. The van der Waals surface area contributed by atoms with E-state index in [0.717, 1.165) is 11.5 Å². The number of fused-ring (bicyclic) bond motifs is 1. The molecule has 1 saturated carbocycles. The third-order valence-electron chi connectivity index (χ3n) is 5.07. The Labute approximate surface area is 114 Å². The highest BCUT2D eigenvalue weighted by Crippen LogP contribution is 2.50. The van der Waals surface area contributed by atoms with Crippen molar-refractivity contribution in [2.24, 2.45) is 5.41 Å². The van der Waals surface area contributed by atoms with Gasteiger partial charge in [0.25, 0.3) is 0 Å². The highest BCUT2D eigenvalue weighted by molar-refractivity contribution is 5.49. The lowest BCUT2D eigenvalue weighted by molar-refractivity contribution is 0.170. The van der Waals surface area contributed by atoms with Gasteiger partial charge in [0.1, 0.15) is 13.2 Å². The maximum absolute atomic E-state index is 5.73. The number of rotatable bonds is 1. The summed E-state index contributed by atoms with van der Waals surface area (Å²) in [6.07, 6.45) is 4.03. The van der Waals surface area contributed by atoms with E-state index in [0.29, 0.717) is 24.5 Å². The first-order valence-corrected chi connectivity index (χ1v) is 7.37. The van der Waals surface area contributed by atoms with Gasteiger partial charge in [-0.15, -0.1) is 0 Å². The zero-order chi connectivity index (χ0) is 12.9. The lowest BCUT2D eigenvalue weighted by Gasteiger charge is -2.39. The first-order chi connectivity index (χ1) is 9.26. The average molecular weight is 259 g/mol. The van der Waals surface area contributed by atoms with E-state index in [4.69, 9.17) is 9.47 Å². The van der Waals surface area contributed by atoms with Gasteiger partial charge in [-0.05, 0) is 60.8 Å². The molecule has 0 amide bonds. The molecule has 2 aliphatic heterocycles. The van der Waals surface area contributed by atoms with Gasteiger partial charge in [-0.3, -0.25) is 0 Å². The van der Waals surface area contributed by atoms with Crippen molar-refractivity contribution in [2.45, 2.75) is 32.1 Å². The monoisotopic (exact) mass is 259 g/mol. The van der Waals surface area contributed by atoms with E-state index < -0.39 is 0 Å². The Morgan fingerprint density at radius 1 is 1.16 bits per heavy atom. The van der Waals surface area contributed by atoms with E-state index in [2.05, 4.69) is 24.4 Å². The molecule has 1 unspecified atom stereocenters. The molecule has 1 atom stereocenters. The molecule has 1 aromatic rings. The second-order valence-corrected chi connectivity index (χ2v) is 6.40. The van der Waals surface area contributed by atoms with Crippen molar-refractivity contribution in [1.29, 1.82) is 0 Å². The summed E-state index contributed by atoms with van der Waals surface area (Å²) in [7, 11) is 0. The van der Waals surface area contributed by atoms with Gasteiger partial charge in [0.05, 0.1) is 0 Å². The SMILES string of the molecule is Cc1cc2c(cc1C1CCC3(CNC3)C1)OCCO2. The Morgan fingerprint density at radius 3 is 2.53 bits per heavy atom. The van der Waals surface area contributed by atoms with Crippen LogP contribution in [-0.2, 0) is 0 Å². The van der Waals surface area contributed by atoms with E-state index in [9.17, 15) is 0 Å². The largest absolute Gasteiger partial charge is 0.486 e. The predicted octanol–water partition coefficient (Wildman–Crippen LogP) is 2.62. The molecule has 3 heteroatoms. The molecule has 19 heavy (non-hydrogen) atoms. The van der Waals surface area contributed by atoms with Crippen LogP contribution in [0.4, 0.5) is 0 Å². The molecule has 1 N–H and O–H groups in total. The lowest BCUT2D eigenvalue weighted by Crippen LogP contribution is -2.51. The molecule has 102 valence electrons. The summed E-state index contributed by atoms with van der Waals surface area (Å²) >= 11 is 0. The fourth-order valence-corrected chi connectivity index (χ4v) is 3.92. The molecule has 3 nitrogen and oxygen atoms in total. The van der Waals surface area contributed by atoms with E-state index >= 15 is 0 Å². The fraction of sp³-hybridized carbons (Fsp3) is 0.625. The molecule has 1 aromatic carbocycles. The summed E-state index contributed by atoms with van der Waals surface area (Å²) in [6.45, 7) is 5.98. The zero-order valence-corrected chi connectivity index (χ0v) is 11.5. The minimum absolute atomic E-state index is 0.602. The third-order valence-corrected chi connectivity index (χ3v) is 5.07. The van der Waals surface area contributed by atoms with E-state index in [-0.39, 0.29) is 0 Å². The van der Waals surface area contributed by atoms with Crippen molar-refractivity contribution < 1.29 is 9.47 Å². The van der Waals surface area contributed by atoms with Crippen LogP contribution < -0.4 is 14.8 Å². The van der Waals surface area contributed by atoms with Gasteiger partial charge in [-0.25, -0.2) is 0 Å². The first kappa shape index (κ1) is 11.6. The predicted molar refractivity (Wildman–Crippen MR) is 74.1 cm³/mol. The topological polar surface area (TPSA) is 30.5 Å². The molecule has 3 aliphatic rings. The highest BCUT2D eigenvalue weighted by atomic mass is 16.6.